The molecule has 2 heterocycles. The van der Waals surface area contributed by atoms with E-state index >= 15 is 0 Å². The Bertz CT molecular complexity index is 434. The molecule has 2 saturated heterocycles. The lowest BCUT2D eigenvalue weighted by Crippen LogP contribution is -2.50. The van der Waals surface area contributed by atoms with Gasteiger partial charge in [0, 0.05) is 37.6 Å². The summed E-state index contributed by atoms with van der Waals surface area (Å²) in [6.07, 6.45) is 7.08. The van der Waals surface area contributed by atoms with Gasteiger partial charge in [-0.25, -0.2) is 4.79 Å². The monoisotopic (exact) mass is 307 g/mol. The van der Waals surface area contributed by atoms with Crippen molar-refractivity contribution in [2.45, 2.75) is 64.5 Å². The number of carbonyl (C=O) groups excluding carboxylic acids is 2. The minimum Gasteiger partial charge on any atom is -0.340 e. The van der Waals surface area contributed by atoms with Crippen LogP contribution in [0.25, 0.3) is 0 Å². The molecule has 3 aliphatic rings. The summed E-state index contributed by atoms with van der Waals surface area (Å²) in [6.45, 7) is 6.20. The molecule has 1 aliphatic carbocycles. The summed E-state index contributed by atoms with van der Waals surface area (Å²) in [6, 6.07) is 0.680. The number of urea groups is 1. The highest BCUT2D eigenvalue weighted by Gasteiger charge is 2.38. The molecule has 2 aliphatic heterocycles. The Morgan fingerprint density at radius 2 is 1.82 bits per heavy atom. The van der Waals surface area contributed by atoms with E-state index in [9.17, 15) is 9.59 Å². The lowest BCUT2D eigenvalue weighted by Gasteiger charge is -2.37. The summed E-state index contributed by atoms with van der Waals surface area (Å²) in [5, 5.41) is 3.17. The molecule has 3 amide bonds. The van der Waals surface area contributed by atoms with Crippen LogP contribution in [0.5, 0.6) is 0 Å². The zero-order chi connectivity index (χ0) is 15.7. The summed E-state index contributed by atoms with van der Waals surface area (Å²) >= 11 is 0. The van der Waals surface area contributed by atoms with Crippen LogP contribution in [-0.4, -0.2) is 53.5 Å². The Morgan fingerprint density at radius 3 is 2.45 bits per heavy atom. The van der Waals surface area contributed by atoms with E-state index in [4.69, 9.17) is 0 Å². The number of rotatable bonds is 3. The molecule has 0 bridgehead atoms. The van der Waals surface area contributed by atoms with E-state index in [-0.39, 0.29) is 23.9 Å². The van der Waals surface area contributed by atoms with Crippen molar-refractivity contribution < 1.29 is 9.59 Å². The number of likely N-dealkylation sites (tertiary alicyclic amines) is 2. The highest BCUT2D eigenvalue weighted by Crippen LogP contribution is 2.37. The van der Waals surface area contributed by atoms with Crippen LogP contribution < -0.4 is 5.32 Å². The Labute approximate surface area is 133 Å². The lowest BCUT2D eigenvalue weighted by molar-refractivity contribution is -0.133. The number of carbonyl (C=O) groups is 2. The highest BCUT2D eigenvalue weighted by atomic mass is 16.2. The molecule has 0 aromatic rings. The molecule has 1 saturated carbocycles. The normalized spacial score (nSPS) is 29.0. The first kappa shape index (κ1) is 15.6. The minimum atomic E-state index is 0.0380. The van der Waals surface area contributed by atoms with Gasteiger partial charge in [-0.15, -0.1) is 0 Å². The van der Waals surface area contributed by atoms with Gasteiger partial charge in [-0.3, -0.25) is 4.79 Å². The Kier molecular flexibility index (Phi) is 4.59. The minimum absolute atomic E-state index is 0.0380. The van der Waals surface area contributed by atoms with E-state index in [1.165, 1.54) is 25.7 Å². The summed E-state index contributed by atoms with van der Waals surface area (Å²) in [5.41, 5.74) is 0. The summed E-state index contributed by atoms with van der Waals surface area (Å²) in [7, 11) is 0. The van der Waals surface area contributed by atoms with Gasteiger partial charge in [-0.2, -0.15) is 0 Å². The highest BCUT2D eigenvalue weighted by molar-refractivity contribution is 5.79. The third kappa shape index (κ3) is 3.08. The maximum absolute atomic E-state index is 12.6. The van der Waals surface area contributed by atoms with E-state index in [2.05, 4.69) is 10.2 Å². The van der Waals surface area contributed by atoms with E-state index in [0.717, 1.165) is 31.8 Å². The van der Waals surface area contributed by atoms with E-state index < -0.39 is 0 Å². The maximum atomic E-state index is 12.6. The Morgan fingerprint density at radius 1 is 1.05 bits per heavy atom. The standard InChI is InChI=1S/C17H29N3O2/c1-12(2)16(21)19-10-8-14(11-19)18-17(22)20-9-4-7-15(20)13-5-3-6-13/h12-15H,3-11H2,1-2H3,(H,18,22)/t14-,15+/m0/s1. The fourth-order valence-electron chi connectivity index (χ4n) is 4.06. The van der Waals surface area contributed by atoms with Gasteiger partial charge in [0.25, 0.3) is 0 Å². The predicted octanol–water partition coefficient (Wildman–Crippen LogP) is 2.22. The Hall–Kier alpha value is -1.26. The second kappa shape index (κ2) is 6.47. The molecule has 1 N–H and O–H groups in total. The van der Waals surface area contributed by atoms with Crippen LogP contribution in [0.4, 0.5) is 4.79 Å². The second-order valence-corrected chi connectivity index (χ2v) is 7.47. The number of hydrogen-bond donors (Lipinski definition) is 1. The SMILES string of the molecule is CC(C)C(=O)N1CC[C@H](NC(=O)N2CCC[C@@H]2C2CCC2)C1. The van der Waals surface area contributed by atoms with Gasteiger partial charge < -0.3 is 15.1 Å². The summed E-state index contributed by atoms with van der Waals surface area (Å²) in [4.78, 5) is 28.6. The zero-order valence-electron chi connectivity index (χ0n) is 13.9. The summed E-state index contributed by atoms with van der Waals surface area (Å²) < 4.78 is 0. The van der Waals surface area contributed by atoms with Crippen LogP contribution >= 0.6 is 0 Å². The third-order valence-electron chi connectivity index (χ3n) is 5.58. The average Bonchev–Trinajstić information content (AvgIpc) is 3.05. The maximum Gasteiger partial charge on any atom is 0.317 e. The molecule has 0 unspecified atom stereocenters. The van der Waals surface area contributed by atoms with Crippen molar-refractivity contribution in [2.75, 3.05) is 19.6 Å². The molecule has 124 valence electrons. The van der Waals surface area contributed by atoms with Crippen LogP contribution in [-0.2, 0) is 4.79 Å². The van der Waals surface area contributed by atoms with Gasteiger partial charge in [0.15, 0.2) is 0 Å². The Balaban J connectivity index is 1.51. The van der Waals surface area contributed by atoms with Crippen LogP contribution in [0.3, 0.4) is 0 Å². The average molecular weight is 307 g/mol. The molecule has 22 heavy (non-hydrogen) atoms. The number of amides is 3. The second-order valence-electron chi connectivity index (χ2n) is 7.47. The van der Waals surface area contributed by atoms with Gasteiger partial charge >= 0.3 is 6.03 Å². The first-order chi connectivity index (χ1) is 10.6. The quantitative estimate of drug-likeness (QED) is 0.869. The molecule has 0 spiro atoms. The van der Waals surface area contributed by atoms with Crippen LogP contribution in [0.15, 0.2) is 0 Å². The molecule has 0 aromatic carbocycles. The van der Waals surface area contributed by atoms with Crippen molar-refractivity contribution in [2.24, 2.45) is 11.8 Å². The molecule has 2 atom stereocenters. The summed E-state index contributed by atoms with van der Waals surface area (Å²) in [5.74, 6) is 0.970. The van der Waals surface area contributed by atoms with Crippen LogP contribution in [0.2, 0.25) is 0 Å². The van der Waals surface area contributed by atoms with Gasteiger partial charge in [-0.1, -0.05) is 20.3 Å². The number of hydrogen-bond acceptors (Lipinski definition) is 2. The van der Waals surface area contributed by atoms with E-state index in [1.807, 2.05) is 18.7 Å². The molecule has 5 heteroatoms. The lowest BCUT2D eigenvalue weighted by atomic mass is 9.79. The van der Waals surface area contributed by atoms with Gasteiger partial charge in [0.05, 0.1) is 0 Å². The van der Waals surface area contributed by atoms with Crippen LogP contribution in [0, 0.1) is 11.8 Å². The third-order valence-corrected chi connectivity index (χ3v) is 5.58. The van der Waals surface area contributed by atoms with Crippen molar-refractivity contribution in [3.8, 4) is 0 Å². The fraction of sp³-hybridized carbons (Fsp3) is 0.882. The zero-order valence-corrected chi connectivity index (χ0v) is 13.9. The van der Waals surface area contributed by atoms with E-state index in [1.54, 1.807) is 0 Å². The van der Waals surface area contributed by atoms with Crippen molar-refractivity contribution in [3.05, 3.63) is 0 Å². The van der Waals surface area contributed by atoms with Gasteiger partial charge in [0.1, 0.15) is 0 Å². The van der Waals surface area contributed by atoms with Crippen molar-refractivity contribution in [1.29, 1.82) is 0 Å². The topological polar surface area (TPSA) is 52.7 Å². The van der Waals surface area contributed by atoms with Crippen LogP contribution in [0.1, 0.15) is 52.4 Å². The molecule has 5 nitrogen and oxygen atoms in total. The first-order valence-corrected chi connectivity index (χ1v) is 8.92. The number of nitrogens with zero attached hydrogens (tertiary/aromatic N) is 2. The predicted molar refractivity (Wildman–Crippen MR) is 85.4 cm³/mol. The number of nitrogens with one attached hydrogen (secondary N) is 1. The largest absolute Gasteiger partial charge is 0.340 e. The molecule has 3 rings (SSSR count). The van der Waals surface area contributed by atoms with E-state index in [0.29, 0.717) is 12.6 Å². The van der Waals surface area contributed by atoms with Gasteiger partial charge in [0.2, 0.25) is 5.91 Å². The fourth-order valence-corrected chi connectivity index (χ4v) is 4.06. The van der Waals surface area contributed by atoms with Crippen molar-refractivity contribution >= 4 is 11.9 Å². The van der Waals surface area contributed by atoms with Crippen molar-refractivity contribution in [3.63, 3.8) is 0 Å². The molecular formula is C17H29N3O2. The van der Waals surface area contributed by atoms with Gasteiger partial charge in [-0.05, 0) is 38.0 Å². The molecule has 0 aromatic heterocycles. The first-order valence-electron chi connectivity index (χ1n) is 8.92. The van der Waals surface area contributed by atoms with Crippen molar-refractivity contribution in [1.82, 2.24) is 15.1 Å². The molecular weight excluding hydrogens is 278 g/mol. The molecule has 3 fully saturated rings. The molecule has 0 radical (unpaired) electrons. The smallest absolute Gasteiger partial charge is 0.317 e.